The van der Waals surface area contributed by atoms with E-state index in [1.165, 1.54) is 0 Å². The Balaban J connectivity index is 3.28. The lowest BCUT2D eigenvalue weighted by molar-refractivity contribution is -0.136. The zero-order valence-corrected chi connectivity index (χ0v) is 10.2. The van der Waals surface area contributed by atoms with E-state index in [0.29, 0.717) is 0 Å². The first-order chi connectivity index (χ1) is 7.47. The Labute approximate surface area is 104 Å². The van der Waals surface area contributed by atoms with Crippen LogP contribution in [0, 0.1) is 0 Å². The van der Waals surface area contributed by atoms with Gasteiger partial charge in [0, 0.05) is 16.2 Å². The van der Waals surface area contributed by atoms with Crippen LogP contribution < -0.4 is 0 Å². The Morgan fingerprint density at radius 2 is 2.25 bits per heavy atom. The van der Waals surface area contributed by atoms with E-state index in [1.54, 1.807) is 0 Å². The molecular formula is C9H7BrClF2NO2. The molecule has 1 aromatic rings. The zero-order valence-electron chi connectivity index (χ0n) is 7.88. The first-order valence-electron chi connectivity index (χ1n) is 4.19. The molecule has 1 N–H and O–H groups in total. The van der Waals surface area contributed by atoms with Crippen molar-refractivity contribution in [3.8, 4) is 0 Å². The predicted molar refractivity (Wildman–Crippen MR) is 57.8 cm³/mol. The number of aliphatic carboxylic acids is 1. The number of carbonyl (C=O) groups is 1. The second-order valence-electron chi connectivity index (χ2n) is 2.96. The largest absolute Gasteiger partial charge is 0.481 e. The van der Waals surface area contributed by atoms with Crippen molar-refractivity contribution in [3.63, 3.8) is 0 Å². The van der Waals surface area contributed by atoms with Gasteiger partial charge in [0.2, 0.25) is 0 Å². The van der Waals surface area contributed by atoms with Crippen LogP contribution in [0.2, 0.25) is 0 Å². The van der Waals surface area contributed by atoms with Gasteiger partial charge in [-0.15, -0.1) is 11.6 Å². The molecule has 16 heavy (non-hydrogen) atoms. The summed E-state index contributed by atoms with van der Waals surface area (Å²) >= 11 is 8.48. The molecule has 0 aromatic carbocycles. The molecule has 0 bridgehead atoms. The van der Waals surface area contributed by atoms with Crippen molar-refractivity contribution >= 4 is 33.5 Å². The summed E-state index contributed by atoms with van der Waals surface area (Å²) in [6, 6.07) is 0. The Bertz CT molecular complexity index is 415. The van der Waals surface area contributed by atoms with Crippen LogP contribution in [-0.2, 0) is 17.1 Å². The number of nitrogens with zero attached hydrogens (tertiary/aromatic N) is 1. The van der Waals surface area contributed by atoms with Gasteiger partial charge in [-0.2, -0.15) is 0 Å². The monoisotopic (exact) mass is 313 g/mol. The molecule has 0 atom stereocenters. The van der Waals surface area contributed by atoms with Crippen LogP contribution in [-0.4, -0.2) is 16.1 Å². The molecule has 0 spiro atoms. The maximum atomic E-state index is 12.8. The van der Waals surface area contributed by atoms with E-state index >= 15 is 0 Å². The van der Waals surface area contributed by atoms with E-state index in [9.17, 15) is 13.6 Å². The molecule has 0 saturated heterocycles. The van der Waals surface area contributed by atoms with Crippen LogP contribution in [0.5, 0.6) is 0 Å². The summed E-state index contributed by atoms with van der Waals surface area (Å²) in [7, 11) is 0. The van der Waals surface area contributed by atoms with Gasteiger partial charge in [-0.1, -0.05) is 0 Å². The molecule has 3 nitrogen and oxygen atoms in total. The summed E-state index contributed by atoms with van der Waals surface area (Å²) in [5.41, 5.74) is -0.0950. The maximum absolute atomic E-state index is 12.8. The molecule has 0 aliphatic heterocycles. The first kappa shape index (κ1) is 13.3. The van der Waals surface area contributed by atoms with Gasteiger partial charge in [0.25, 0.3) is 6.43 Å². The summed E-state index contributed by atoms with van der Waals surface area (Å²) in [6.45, 7) is 0. The van der Waals surface area contributed by atoms with E-state index in [2.05, 4.69) is 20.9 Å². The number of carboxylic acids is 1. The van der Waals surface area contributed by atoms with Crippen molar-refractivity contribution in [2.75, 3.05) is 0 Å². The Hall–Kier alpha value is -0.750. The molecule has 0 fully saturated rings. The van der Waals surface area contributed by atoms with E-state index < -0.39 is 18.8 Å². The lowest BCUT2D eigenvalue weighted by atomic mass is 10.1. The van der Waals surface area contributed by atoms with Crippen LogP contribution in [0.25, 0.3) is 0 Å². The molecule has 1 heterocycles. The summed E-state index contributed by atoms with van der Waals surface area (Å²) in [5.74, 6) is -1.21. The average molecular weight is 315 g/mol. The molecule has 0 unspecified atom stereocenters. The van der Waals surface area contributed by atoms with E-state index in [4.69, 9.17) is 16.7 Å². The molecule has 1 aromatic heterocycles. The van der Waals surface area contributed by atoms with Crippen LogP contribution in [0.4, 0.5) is 8.78 Å². The fourth-order valence-corrected chi connectivity index (χ4v) is 2.25. The Morgan fingerprint density at radius 3 is 2.69 bits per heavy atom. The fraction of sp³-hybridized carbons (Fsp3) is 0.333. The van der Waals surface area contributed by atoms with Crippen molar-refractivity contribution in [1.82, 2.24) is 4.98 Å². The number of pyridine rings is 1. The average Bonchev–Trinajstić information content (AvgIpc) is 2.16. The minimum atomic E-state index is -2.77. The number of halogens is 4. The third kappa shape index (κ3) is 2.89. The summed E-state index contributed by atoms with van der Waals surface area (Å²) < 4.78 is 25.6. The predicted octanol–water partition coefficient (Wildman–Crippen LogP) is 3.15. The molecule has 0 aliphatic carbocycles. The number of rotatable bonds is 4. The van der Waals surface area contributed by atoms with Crippen LogP contribution in [0.15, 0.2) is 10.7 Å². The summed E-state index contributed by atoms with van der Waals surface area (Å²) in [4.78, 5) is 14.3. The molecule has 88 valence electrons. The molecule has 1 rings (SSSR count). The van der Waals surface area contributed by atoms with Crippen LogP contribution in [0.1, 0.15) is 23.2 Å². The van der Waals surface area contributed by atoms with Gasteiger partial charge in [0.15, 0.2) is 0 Å². The van der Waals surface area contributed by atoms with Crippen molar-refractivity contribution < 1.29 is 18.7 Å². The maximum Gasteiger partial charge on any atom is 0.307 e. The van der Waals surface area contributed by atoms with Crippen molar-refractivity contribution in [2.45, 2.75) is 18.7 Å². The van der Waals surface area contributed by atoms with E-state index in [0.717, 1.165) is 6.20 Å². The van der Waals surface area contributed by atoms with E-state index in [-0.39, 0.29) is 27.2 Å². The highest BCUT2D eigenvalue weighted by molar-refractivity contribution is 9.10. The van der Waals surface area contributed by atoms with Crippen molar-refractivity contribution in [2.24, 2.45) is 0 Å². The van der Waals surface area contributed by atoms with Gasteiger partial charge < -0.3 is 5.11 Å². The second kappa shape index (κ2) is 5.54. The van der Waals surface area contributed by atoms with Gasteiger partial charge >= 0.3 is 5.97 Å². The van der Waals surface area contributed by atoms with Crippen molar-refractivity contribution in [3.05, 3.63) is 27.5 Å². The minimum absolute atomic E-state index is 0.0109. The highest BCUT2D eigenvalue weighted by Crippen LogP contribution is 2.33. The van der Waals surface area contributed by atoms with E-state index in [1.807, 2.05) is 0 Å². The SMILES string of the molecule is O=C(O)Cc1cnc(CCl)c(Br)c1C(F)F. The lowest BCUT2D eigenvalue weighted by Crippen LogP contribution is -2.07. The number of hydrogen-bond acceptors (Lipinski definition) is 2. The smallest absolute Gasteiger partial charge is 0.307 e. The molecular weight excluding hydrogens is 307 g/mol. The fourth-order valence-electron chi connectivity index (χ4n) is 1.21. The Morgan fingerprint density at radius 1 is 1.62 bits per heavy atom. The van der Waals surface area contributed by atoms with Gasteiger partial charge in [-0.25, -0.2) is 8.78 Å². The summed E-state index contributed by atoms with van der Waals surface area (Å²) in [6.07, 6.45) is -2.14. The quantitative estimate of drug-likeness (QED) is 0.869. The third-order valence-corrected chi connectivity index (χ3v) is 3.04. The molecule has 0 saturated carbocycles. The van der Waals surface area contributed by atoms with Gasteiger partial charge in [0.05, 0.1) is 18.0 Å². The molecule has 0 radical (unpaired) electrons. The van der Waals surface area contributed by atoms with Gasteiger partial charge in [-0.3, -0.25) is 9.78 Å². The number of alkyl halides is 3. The lowest BCUT2D eigenvalue weighted by Gasteiger charge is -2.11. The Kier molecular flexibility index (Phi) is 4.61. The van der Waals surface area contributed by atoms with Crippen LogP contribution in [0.3, 0.4) is 0 Å². The first-order valence-corrected chi connectivity index (χ1v) is 5.52. The molecule has 0 amide bonds. The number of carboxylic acid groups (broad SMARTS) is 1. The van der Waals surface area contributed by atoms with Crippen LogP contribution >= 0.6 is 27.5 Å². The number of hydrogen-bond donors (Lipinski definition) is 1. The topological polar surface area (TPSA) is 50.2 Å². The van der Waals surface area contributed by atoms with Crippen molar-refractivity contribution in [1.29, 1.82) is 0 Å². The molecule has 0 aliphatic rings. The number of aromatic nitrogens is 1. The second-order valence-corrected chi connectivity index (χ2v) is 4.02. The third-order valence-electron chi connectivity index (χ3n) is 1.90. The standard InChI is InChI=1S/C9H7BrClF2NO2/c10-8-5(2-11)14-3-4(1-6(15)16)7(8)9(12)13/h3,9H,1-2H2,(H,15,16). The zero-order chi connectivity index (χ0) is 12.3. The van der Waals surface area contributed by atoms with Gasteiger partial charge in [-0.05, 0) is 21.5 Å². The van der Waals surface area contributed by atoms with Gasteiger partial charge in [0.1, 0.15) is 0 Å². The highest BCUT2D eigenvalue weighted by atomic mass is 79.9. The normalized spacial score (nSPS) is 10.8. The molecule has 7 heteroatoms. The minimum Gasteiger partial charge on any atom is -0.481 e. The summed E-state index contributed by atoms with van der Waals surface area (Å²) in [5, 5.41) is 8.58. The highest BCUT2D eigenvalue weighted by Gasteiger charge is 2.21.